The molecule has 122 valence electrons. The third kappa shape index (κ3) is 4.18. The van der Waals surface area contributed by atoms with Gasteiger partial charge in [0, 0.05) is 31.3 Å². The third-order valence-corrected chi connectivity index (χ3v) is 4.19. The van der Waals surface area contributed by atoms with Gasteiger partial charge >= 0.3 is 0 Å². The number of benzene rings is 1. The number of hydrogen-bond acceptors (Lipinski definition) is 3. The van der Waals surface area contributed by atoms with Crippen molar-refractivity contribution in [3.05, 3.63) is 34.6 Å². The van der Waals surface area contributed by atoms with Crippen LogP contribution in [0.1, 0.15) is 16.8 Å². The number of halogens is 2. The Labute approximate surface area is 135 Å². The van der Waals surface area contributed by atoms with Gasteiger partial charge in [0.25, 0.3) is 5.91 Å². The molecule has 0 saturated carbocycles. The van der Waals surface area contributed by atoms with Crippen LogP contribution in [0.15, 0.2) is 18.2 Å². The molecule has 1 N–H and O–H groups in total. The first-order valence-corrected chi connectivity index (χ1v) is 7.78. The lowest BCUT2D eigenvalue weighted by Crippen LogP contribution is -2.47. The molecular weight excluding hydrogens is 307 g/mol. The molecule has 1 aliphatic heterocycles. The van der Waals surface area contributed by atoms with Gasteiger partial charge in [-0.05, 0) is 50.6 Å². The summed E-state index contributed by atoms with van der Waals surface area (Å²) in [5.74, 6) is -0.623. The number of carbonyl (C=O) groups excluding carboxylic acids is 1. The Hall–Kier alpha value is -1.17. The predicted molar refractivity (Wildman–Crippen MR) is 84.6 cm³/mol. The second kappa shape index (κ2) is 7.40. The standard InChI is InChI=1S/C16H22ClFN2O2/c1-19(2)7-11-5-12(10-21)9-20(8-11)16(22)14-4-3-13(17)6-15(14)18/h3-4,6,11-12,21H,5,7-10H2,1-2H3/t11-,12+/m1/s1. The number of aliphatic hydroxyl groups is 1. The Kier molecular flexibility index (Phi) is 5.78. The largest absolute Gasteiger partial charge is 0.396 e. The molecule has 1 saturated heterocycles. The fraction of sp³-hybridized carbons (Fsp3) is 0.562. The Balaban J connectivity index is 2.16. The molecule has 0 aliphatic carbocycles. The van der Waals surface area contributed by atoms with E-state index in [0.29, 0.717) is 13.1 Å². The van der Waals surface area contributed by atoms with Crippen molar-refractivity contribution in [2.45, 2.75) is 6.42 Å². The van der Waals surface area contributed by atoms with Gasteiger partial charge in [0.1, 0.15) is 5.82 Å². The first-order chi connectivity index (χ1) is 10.4. The first-order valence-electron chi connectivity index (χ1n) is 7.40. The summed E-state index contributed by atoms with van der Waals surface area (Å²) in [5, 5.41) is 9.73. The molecule has 0 bridgehead atoms. The maximum Gasteiger partial charge on any atom is 0.256 e. The highest BCUT2D eigenvalue weighted by Crippen LogP contribution is 2.25. The first kappa shape index (κ1) is 17.2. The summed E-state index contributed by atoms with van der Waals surface area (Å²) in [7, 11) is 3.96. The van der Waals surface area contributed by atoms with Crippen molar-refractivity contribution >= 4 is 17.5 Å². The number of likely N-dealkylation sites (tertiary alicyclic amines) is 1. The topological polar surface area (TPSA) is 43.8 Å². The minimum absolute atomic E-state index is 0.0339. The van der Waals surface area contributed by atoms with Crippen molar-refractivity contribution in [2.24, 2.45) is 11.8 Å². The summed E-state index contributed by atoms with van der Waals surface area (Å²) in [6, 6.07) is 4.09. The molecule has 1 heterocycles. The molecule has 0 unspecified atom stereocenters. The molecular formula is C16H22ClFN2O2. The van der Waals surface area contributed by atoms with Gasteiger partial charge in [-0.25, -0.2) is 4.39 Å². The van der Waals surface area contributed by atoms with Crippen molar-refractivity contribution in [1.29, 1.82) is 0 Å². The van der Waals surface area contributed by atoms with Gasteiger partial charge in [-0.15, -0.1) is 0 Å². The number of hydrogen-bond donors (Lipinski definition) is 1. The van der Waals surface area contributed by atoms with Crippen LogP contribution in [-0.2, 0) is 0 Å². The highest BCUT2D eigenvalue weighted by molar-refractivity contribution is 6.30. The zero-order valence-electron chi connectivity index (χ0n) is 12.9. The van der Waals surface area contributed by atoms with Crippen LogP contribution >= 0.6 is 11.6 Å². The molecule has 2 rings (SSSR count). The number of amides is 1. The van der Waals surface area contributed by atoms with Gasteiger partial charge in [0.15, 0.2) is 0 Å². The summed E-state index contributed by atoms with van der Waals surface area (Å²) in [5.41, 5.74) is 0.0339. The molecule has 6 heteroatoms. The van der Waals surface area contributed by atoms with Crippen LogP contribution in [0.5, 0.6) is 0 Å². The van der Waals surface area contributed by atoms with Crippen LogP contribution in [-0.4, -0.2) is 61.2 Å². The second-order valence-corrected chi connectivity index (χ2v) is 6.68. The molecule has 2 atom stereocenters. The van der Waals surface area contributed by atoms with Gasteiger partial charge in [-0.3, -0.25) is 4.79 Å². The van der Waals surface area contributed by atoms with Crippen molar-refractivity contribution in [3.8, 4) is 0 Å². The van der Waals surface area contributed by atoms with Crippen LogP contribution < -0.4 is 0 Å². The molecule has 1 aliphatic rings. The number of aliphatic hydroxyl groups excluding tert-OH is 1. The highest BCUT2D eigenvalue weighted by Gasteiger charge is 2.31. The van der Waals surface area contributed by atoms with Crippen molar-refractivity contribution in [3.63, 3.8) is 0 Å². The summed E-state index contributed by atoms with van der Waals surface area (Å²) in [6.07, 6.45) is 0.877. The fourth-order valence-corrected chi connectivity index (χ4v) is 3.26. The van der Waals surface area contributed by atoms with Gasteiger partial charge in [-0.2, -0.15) is 0 Å². The van der Waals surface area contributed by atoms with E-state index < -0.39 is 5.82 Å². The van der Waals surface area contributed by atoms with E-state index in [1.54, 1.807) is 4.90 Å². The Morgan fingerprint density at radius 2 is 2.09 bits per heavy atom. The van der Waals surface area contributed by atoms with E-state index >= 15 is 0 Å². The minimum Gasteiger partial charge on any atom is -0.396 e. The monoisotopic (exact) mass is 328 g/mol. The third-order valence-electron chi connectivity index (χ3n) is 3.95. The average molecular weight is 329 g/mol. The van der Waals surface area contributed by atoms with E-state index in [0.717, 1.165) is 19.0 Å². The van der Waals surface area contributed by atoms with Crippen LogP contribution in [0.2, 0.25) is 5.02 Å². The molecule has 1 aromatic carbocycles. The summed E-state index contributed by atoms with van der Waals surface area (Å²) in [4.78, 5) is 16.3. The summed E-state index contributed by atoms with van der Waals surface area (Å²) in [6.45, 7) is 1.91. The predicted octanol–water partition coefficient (Wildman–Crippen LogP) is 2.11. The number of nitrogens with zero attached hydrogens (tertiary/aromatic N) is 2. The van der Waals surface area contributed by atoms with Gasteiger partial charge in [-0.1, -0.05) is 11.6 Å². The van der Waals surface area contributed by atoms with Crippen LogP contribution in [0.3, 0.4) is 0 Å². The number of rotatable bonds is 4. The Morgan fingerprint density at radius 1 is 1.41 bits per heavy atom. The van der Waals surface area contributed by atoms with E-state index in [-0.39, 0.29) is 34.9 Å². The summed E-state index contributed by atoms with van der Waals surface area (Å²) >= 11 is 5.73. The minimum atomic E-state index is -0.604. The van der Waals surface area contributed by atoms with E-state index in [4.69, 9.17) is 11.6 Å². The van der Waals surface area contributed by atoms with Gasteiger partial charge in [0.2, 0.25) is 0 Å². The van der Waals surface area contributed by atoms with Crippen LogP contribution in [0.4, 0.5) is 4.39 Å². The summed E-state index contributed by atoms with van der Waals surface area (Å²) < 4.78 is 14.0. The molecule has 1 amide bonds. The van der Waals surface area contributed by atoms with E-state index in [2.05, 4.69) is 4.90 Å². The molecule has 4 nitrogen and oxygen atoms in total. The fourth-order valence-electron chi connectivity index (χ4n) is 3.10. The van der Waals surface area contributed by atoms with Gasteiger partial charge in [0.05, 0.1) is 5.56 Å². The molecule has 0 spiro atoms. The molecule has 1 aromatic rings. The molecule has 1 fully saturated rings. The molecule has 0 aromatic heterocycles. The van der Waals surface area contributed by atoms with E-state index in [1.165, 1.54) is 12.1 Å². The molecule has 0 radical (unpaired) electrons. The van der Waals surface area contributed by atoms with E-state index in [1.807, 2.05) is 14.1 Å². The van der Waals surface area contributed by atoms with Crippen molar-refractivity contribution in [1.82, 2.24) is 9.80 Å². The van der Waals surface area contributed by atoms with Crippen LogP contribution in [0, 0.1) is 17.7 Å². The molecule has 22 heavy (non-hydrogen) atoms. The average Bonchev–Trinajstić information content (AvgIpc) is 2.45. The van der Waals surface area contributed by atoms with Crippen LogP contribution in [0.25, 0.3) is 0 Å². The highest BCUT2D eigenvalue weighted by atomic mass is 35.5. The zero-order chi connectivity index (χ0) is 16.3. The smallest absolute Gasteiger partial charge is 0.256 e. The lowest BCUT2D eigenvalue weighted by molar-refractivity contribution is 0.0474. The SMILES string of the molecule is CN(C)C[C@H]1C[C@H](CO)CN(C(=O)c2ccc(Cl)cc2F)C1. The Bertz CT molecular complexity index is 539. The quantitative estimate of drug-likeness (QED) is 0.920. The normalized spacial score (nSPS) is 22.2. The zero-order valence-corrected chi connectivity index (χ0v) is 13.7. The van der Waals surface area contributed by atoms with Gasteiger partial charge < -0.3 is 14.9 Å². The Morgan fingerprint density at radius 3 is 2.68 bits per heavy atom. The number of carbonyl (C=O) groups is 1. The number of piperidine rings is 1. The maximum atomic E-state index is 14.0. The second-order valence-electron chi connectivity index (χ2n) is 6.25. The lowest BCUT2D eigenvalue weighted by atomic mass is 9.89. The lowest BCUT2D eigenvalue weighted by Gasteiger charge is -2.38. The maximum absolute atomic E-state index is 14.0. The van der Waals surface area contributed by atoms with Crippen molar-refractivity contribution in [2.75, 3.05) is 40.3 Å². The van der Waals surface area contributed by atoms with E-state index in [9.17, 15) is 14.3 Å². The van der Waals surface area contributed by atoms with Crippen molar-refractivity contribution < 1.29 is 14.3 Å².